The number of rotatable bonds is 2. The van der Waals surface area contributed by atoms with Crippen LogP contribution in [0.15, 0.2) is 18.2 Å². The van der Waals surface area contributed by atoms with E-state index in [-0.39, 0.29) is 0 Å². The first-order chi connectivity index (χ1) is 6.29. The van der Waals surface area contributed by atoms with Crippen molar-refractivity contribution in [2.24, 2.45) is 0 Å². The predicted molar refractivity (Wildman–Crippen MR) is 57.0 cm³/mol. The van der Waals surface area contributed by atoms with Gasteiger partial charge in [0.25, 0.3) is 0 Å². The lowest BCUT2D eigenvalue weighted by Crippen LogP contribution is -1.97. The number of fused-ring (bicyclic) bond motifs is 1. The minimum absolute atomic E-state index is 0.675. The van der Waals surface area contributed by atoms with Gasteiger partial charge in [-0.2, -0.15) is 0 Å². The molecule has 13 heavy (non-hydrogen) atoms. The van der Waals surface area contributed by atoms with Crippen LogP contribution in [0, 0.1) is 6.92 Å². The summed E-state index contributed by atoms with van der Waals surface area (Å²) in [7, 11) is 0. The van der Waals surface area contributed by atoms with Crippen LogP contribution in [0.2, 0.25) is 0 Å². The van der Waals surface area contributed by atoms with Gasteiger partial charge in [-0.3, -0.25) is 0 Å². The third-order valence-corrected chi connectivity index (χ3v) is 2.92. The molecule has 2 rings (SSSR count). The fourth-order valence-electron chi connectivity index (χ4n) is 1.28. The Kier molecular flexibility index (Phi) is 2.49. The highest BCUT2D eigenvalue weighted by Crippen LogP contribution is 2.22. The number of benzene rings is 1. The summed E-state index contributed by atoms with van der Waals surface area (Å²) in [6, 6.07) is 6.22. The molecule has 0 fully saturated rings. The summed E-state index contributed by atoms with van der Waals surface area (Å²) < 4.78 is 1.23. The number of hydrogen-bond donors (Lipinski definition) is 1. The summed E-state index contributed by atoms with van der Waals surface area (Å²) in [5, 5.41) is 1.10. The van der Waals surface area contributed by atoms with E-state index in [1.807, 2.05) is 6.92 Å². The highest BCUT2D eigenvalue weighted by molar-refractivity contribution is 7.18. The molecule has 2 aromatic rings. The zero-order valence-electron chi connectivity index (χ0n) is 7.17. The molecular weight excluding hydrogens is 204 g/mol. The van der Waals surface area contributed by atoms with E-state index in [1.165, 1.54) is 4.70 Å². The van der Waals surface area contributed by atoms with E-state index in [4.69, 9.17) is 11.8 Å². The maximum absolute atomic E-state index is 5.42. The number of aryl methyl sites for hydroxylation is 1. The van der Waals surface area contributed by atoms with Crippen molar-refractivity contribution in [2.75, 3.05) is 0 Å². The number of halogens is 1. The summed E-state index contributed by atoms with van der Waals surface area (Å²) in [6.07, 6.45) is 0. The van der Waals surface area contributed by atoms with Gasteiger partial charge in [0.15, 0.2) is 0 Å². The van der Waals surface area contributed by atoms with Crippen LogP contribution < -0.4 is 4.84 Å². The van der Waals surface area contributed by atoms with Crippen LogP contribution in [0.25, 0.3) is 10.2 Å². The van der Waals surface area contributed by atoms with Crippen LogP contribution in [-0.2, 0) is 6.54 Å². The zero-order chi connectivity index (χ0) is 9.26. The van der Waals surface area contributed by atoms with Gasteiger partial charge in [0.1, 0.15) is 0 Å². The molecular formula is C9H9ClN2S. The van der Waals surface area contributed by atoms with Crippen molar-refractivity contribution in [1.29, 1.82) is 0 Å². The SMILES string of the molecule is Cc1nc2cc(CNCl)ccc2s1. The highest BCUT2D eigenvalue weighted by Gasteiger charge is 2.00. The molecule has 4 heteroatoms. The van der Waals surface area contributed by atoms with E-state index < -0.39 is 0 Å². The molecule has 0 bridgehead atoms. The lowest BCUT2D eigenvalue weighted by molar-refractivity contribution is 0.966. The van der Waals surface area contributed by atoms with Gasteiger partial charge in [0, 0.05) is 6.54 Å². The summed E-state index contributed by atoms with van der Waals surface area (Å²) in [4.78, 5) is 7.01. The van der Waals surface area contributed by atoms with E-state index in [2.05, 4.69) is 28.0 Å². The first kappa shape index (κ1) is 8.94. The number of nitrogens with one attached hydrogen (secondary N) is 1. The molecule has 0 aliphatic rings. The number of nitrogens with zero attached hydrogens (tertiary/aromatic N) is 1. The molecule has 1 aromatic carbocycles. The van der Waals surface area contributed by atoms with Gasteiger partial charge in [-0.1, -0.05) is 6.07 Å². The lowest BCUT2D eigenvalue weighted by atomic mass is 10.2. The average molecular weight is 213 g/mol. The van der Waals surface area contributed by atoms with Crippen molar-refractivity contribution in [1.82, 2.24) is 9.82 Å². The molecule has 0 radical (unpaired) electrons. The molecule has 1 aromatic heterocycles. The van der Waals surface area contributed by atoms with Crippen molar-refractivity contribution in [3.05, 3.63) is 28.8 Å². The Morgan fingerprint density at radius 3 is 3.15 bits per heavy atom. The molecule has 68 valence electrons. The molecule has 0 amide bonds. The molecule has 0 aliphatic carbocycles. The van der Waals surface area contributed by atoms with Crippen LogP contribution in [0.3, 0.4) is 0 Å². The van der Waals surface area contributed by atoms with Crippen LogP contribution in [-0.4, -0.2) is 4.98 Å². The first-order valence-corrected chi connectivity index (χ1v) is 5.18. The summed E-state index contributed by atoms with van der Waals surface area (Å²) in [5.74, 6) is 0. The number of aromatic nitrogens is 1. The van der Waals surface area contributed by atoms with Crippen molar-refractivity contribution in [3.8, 4) is 0 Å². The quantitative estimate of drug-likeness (QED) is 0.775. The maximum Gasteiger partial charge on any atom is 0.0907 e. The topological polar surface area (TPSA) is 24.9 Å². The predicted octanol–water partition coefficient (Wildman–Crippen LogP) is 2.85. The van der Waals surface area contributed by atoms with Gasteiger partial charge in [-0.25, -0.2) is 9.82 Å². The Hall–Kier alpha value is -0.640. The van der Waals surface area contributed by atoms with E-state index in [0.29, 0.717) is 6.54 Å². The summed E-state index contributed by atoms with van der Waals surface area (Å²) >= 11 is 7.14. The van der Waals surface area contributed by atoms with Crippen molar-refractivity contribution in [3.63, 3.8) is 0 Å². The van der Waals surface area contributed by atoms with Crippen molar-refractivity contribution in [2.45, 2.75) is 13.5 Å². The molecule has 2 nitrogen and oxygen atoms in total. The molecule has 0 atom stereocenters. The minimum Gasteiger partial charge on any atom is -0.242 e. The Labute approximate surface area is 85.7 Å². The highest BCUT2D eigenvalue weighted by atomic mass is 35.5. The standard InChI is InChI=1S/C9H9ClN2S/c1-6-12-8-4-7(5-11-10)2-3-9(8)13-6/h2-4,11H,5H2,1H3. The summed E-state index contributed by atoms with van der Waals surface area (Å²) in [5.41, 5.74) is 2.22. The van der Waals surface area contributed by atoms with Gasteiger partial charge in [0.2, 0.25) is 0 Å². The van der Waals surface area contributed by atoms with Crippen LogP contribution in [0.1, 0.15) is 10.6 Å². The first-order valence-electron chi connectivity index (χ1n) is 3.99. The Morgan fingerprint density at radius 1 is 1.54 bits per heavy atom. The third kappa shape index (κ3) is 1.82. The van der Waals surface area contributed by atoms with Gasteiger partial charge < -0.3 is 0 Å². The molecule has 0 saturated carbocycles. The van der Waals surface area contributed by atoms with Crippen molar-refractivity contribution < 1.29 is 0 Å². The van der Waals surface area contributed by atoms with Gasteiger partial charge in [-0.15, -0.1) is 11.3 Å². The van der Waals surface area contributed by atoms with E-state index >= 15 is 0 Å². The fraction of sp³-hybridized carbons (Fsp3) is 0.222. The largest absolute Gasteiger partial charge is 0.242 e. The normalized spacial score (nSPS) is 10.9. The number of hydrogen-bond acceptors (Lipinski definition) is 3. The van der Waals surface area contributed by atoms with Crippen LogP contribution >= 0.6 is 23.1 Å². The van der Waals surface area contributed by atoms with Gasteiger partial charge in [-0.05, 0) is 36.4 Å². The number of thiazole rings is 1. The molecule has 0 unspecified atom stereocenters. The minimum atomic E-state index is 0.675. The second-order valence-corrected chi connectivity index (χ2v) is 4.35. The molecule has 1 heterocycles. The zero-order valence-corrected chi connectivity index (χ0v) is 8.75. The third-order valence-electron chi connectivity index (χ3n) is 1.83. The monoisotopic (exact) mass is 212 g/mol. The van der Waals surface area contributed by atoms with Gasteiger partial charge >= 0.3 is 0 Å². The average Bonchev–Trinajstić information content (AvgIpc) is 2.44. The molecule has 0 saturated heterocycles. The Bertz CT molecular complexity index is 424. The summed E-state index contributed by atoms with van der Waals surface area (Å²) in [6.45, 7) is 2.69. The molecule has 0 aliphatic heterocycles. The Balaban J connectivity index is 2.48. The van der Waals surface area contributed by atoms with E-state index in [1.54, 1.807) is 11.3 Å². The second kappa shape index (κ2) is 3.62. The van der Waals surface area contributed by atoms with Crippen LogP contribution in [0.4, 0.5) is 0 Å². The lowest BCUT2D eigenvalue weighted by Gasteiger charge is -1.96. The fourth-order valence-corrected chi connectivity index (χ4v) is 2.24. The Morgan fingerprint density at radius 2 is 2.38 bits per heavy atom. The second-order valence-electron chi connectivity index (χ2n) is 2.85. The smallest absolute Gasteiger partial charge is 0.0907 e. The van der Waals surface area contributed by atoms with Gasteiger partial charge in [0.05, 0.1) is 15.2 Å². The van der Waals surface area contributed by atoms with Crippen molar-refractivity contribution >= 4 is 33.3 Å². The molecule has 1 N–H and O–H groups in total. The van der Waals surface area contributed by atoms with E-state index in [9.17, 15) is 0 Å². The maximum atomic E-state index is 5.42. The molecule has 0 spiro atoms. The van der Waals surface area contributed by atoms with E-state index in [0.717, 1.165) is 16.1 Å². The van der Waals surface area contributed by atoms with Crippen LogP contribution in [0.5, 0.6) is 0 Å².